The van der Waals surface area contributed by atoms with Gasteiger partial charge in [-0.3, -0.25) is 4.90 Å². The molecule has 23 heavy (non-hydrogen) atoms. The molecule has 0 bridgehead atoms. The summed E-state index contributed by atoms with van der Waals surface area (Å²) in [5, 5.41) is 8.75. The summed E-state index contributed by atoms with van der Waals surface area (Å²) in [7, 11) is 0. The van der Waals surface area contributed by atoms with Crippen LogP contribution in [0.2, 0.25) is 0 Å². The average molecular weight is 302 g/mol. The molecule has 2 nitrogen and oxygen atoms in total. The first-order valence-electron chi connectivity index (χ1n) is 8.36. The Kier molecular flexibility index (Phi) is 3.86. The molecular formula is C21H22N2. The van der Waals surface area contributed by atoms with Gasteiger partial charge in [-0.05, 0) is 33.2 Å². The summed E-state index contributed by atoms with van der Waals surface area (Å²) in [5.41, 5.74) is 1.40. The number of rotatable bonds is 3. The third-order valence-corrected chi connectivity index (χ3v) is 4.88. The second-order valence-electron chi connectivity index (χ2n) is 6.20. The monoisotopic (exact) mass is 302 g/mol. The van der Waals surface area contributed by atoms with Gasteiger partial charge in [-0.25, -0.2) is 0 Å². The molecule has 0 spiro atoms. The molecular weight excluding hydrogens is 280 g/mol. The van der Waals surface area contributed by atoms with E-state index in [4.69, 9.17) is 0 Å². The molecule has 1 heterocycles. The van der Waals surface area contributed by atoms with Crippen LogP contribution in [-0.2, 0) is 0 Å². The third-order valence-electron chi connectivity index (χ3n) is 4.88. The van der Waals surface area contributed by atoms with Crippen molar-refractivity contribution in [3.63, 3.8) is 0 Å². The summed E-state index contributed by atoms with van der Waals surface area (Å²) >= 11 is 0. The Balaban J connectivity index is 1.99. The van der Waals surface area contributed by atoms with E-state index in [1.165, 1.54) is 27.1 Å². The minimum Gasteiger partial charge on any atom is -0.314 e. The molecule has 0 saturated carbocycles. The van der Waals surface area contributed by atoms with E-state index < -0.39 is 0 Å². The molecule has 2 heteroatoms. The number of fused-ring (bicyclic) bond motifs is 2. The van der Waals surface area contributed by atoms with Gasteiger partial charge in [-0.2, -0.15) is 0 Å². The van der Waals surface area contributed by atoms with Crippen LogP contribution in [-0.4, -0.2) is 31.1 Å². The molecule has 0 aromatic heterocycles. The first-order valence-corrected chi connectivity index (χ1v) is 8.36. The van der Waals surface area contributed by atoms with Crippen molar-refractivity contribution in [3.8, 4) is 0 Å². The maximum absolute atomic E-state index is 4.16. The maximum Gasteiger partial charge on any atom is 0.0542 e. The topological polar surface area (TPSA) is 15.3 Å². The van der Waals surface area contributed by atoms with E-state index in [1.54, 1.807) is 0 Å². The fourth-order valence-corrected chi connectivity index (χ4v) is 3.78. The van der Waals surface area contributed by atoms with Crippen LogP contribution in [0.1, 0.15) is 11.6 Å². The quantitative estimate of drug-likeness (QED) is 0.578. The zero-order chi connectivity index (χ0) is 15.6. The van der Waals surface area contributed by atoms with E-state index in [2.05, 4.69) is 77.5 Å². The average Bonchev–Trinajstić information content (AvgIpc) is 2.62. The first kappa shape index (κ1) is 14.4. The molecule has 0 aliphatic carbocycles. The van der Waals surface area contributed by atoms with Crippen LogP contribution in [0, 0.1) is 0 Å². The van der Waals surface area contributed by atoms with E-state index >= 15 is 0 Å². The zero-order valence-electron chi connectivity index (χ0n) is 13.3. The zero-order valence-corrected chi connectivity index (χ0v) is 13.3. The highest BCUT2D eigenvalue weighted by atomic mass is 15.2. The number of nitrogens with one attached hydrogen (secondary N) is 1. The van der Waals surface area contributed by atoms with Crippen LogP contribution in [0.4, 0.5) is 0 Å². The second kappa shape index (κ2) is 6.15. The molecule has 3 aromatic rings. The van der Waals surface area contributed by atoms with Gasteiger partial charge in [0, 0.05) is 26.2 Å². The number of benzene rings is 3. The minimum atomic E-state index is 0.258. The van der Waals surface area contributed by atoms with Crippen molar-refractivity contribution < 1.29 is 0 Å². The molecule has 1 atom stereocenters. The van der Waals surface area contributed by atoms with E-state index in [9.17, 15) is 0 Å². The Bertz CT molecular complexity index is 793. The largest absolute Gasteiger partial charge is 0.314 e. The van der Waals surface area contributed by atoms with Gasteiger partial charge in [0.2, 0.25) is 0 Å². The number of hydrogen-bond donors (Lipinski definition) is 1. The number of hydrogen-bond acceptors (Lipinski definition) is 2. The highest BCUT2D eigenvalue weighted by Crippen LogP contribution is 2.36. The molecule has 3 aromatic carbocycles. The molecule has 1 aliphatic heterocycles. The van der Waals surface area contributed by atoms with E-state index in [0.29, 0.717) is 0 Å². The van der Waals surface area contributed by atoms with Gasteiger partial charge in [0.15, 0.2) is 0 Å². The number of nitrogens with zero attached hydrogens (tertiary/aromatic N) is 1. The second-order valence-corrected chi connectivity index (χ2v) is 6.20. The molecule has 1 N–H and O–H groups in total. The van der Waals surface area contributed by atoms with Crippen LogP contribution >= 0.6 is 0 Å². The maximum atomic E-state index is 4.16. The summed E-state index contributed by atoms with van der Waals surface area (Å²) in [4.78, 5) is 2.54. The molecule has 1 aliphatic rings. The summed E-state index contributed by atoms with van der Waals surface area (Å²) in [6.45, 7) is 8.39. The third kappa shape index (κ3) is 2.54. The van der Waals surface area contributed by atoms with Crippen molar-refractivity contribution in [3.05, 3.63) is 72.8 Å². The Hall–Kier alpha value is -2.16. The lowest BCUT2D eigenvalue weighted by molar-refractivity contribution is 0.205. The highest BCUT2D eigenvalue weighted by molar-refractivity contribution is 6.02. The Morgan fingerprint density at radius 3 is 2.04 bits per heavy atom. The lowest BCUT2D eigenvalue weighted by Gasteiger charge is -2.34. The molecule has 1 fully saturated rings. The minimum absolute atomic E-state index is 0.258. The lowest BCUT2D eigenvalue weighted by atomic mass is 9.91. The van der Waals surface area contributed by atoms with Crippen molar-refractivity contribution in [1.82, 2.24) is 10.2 Å². The van der Waals surface area contributed by atoms with Gasteiger partial charge >= 0.3 is 0 Å². The van der Waals surface area contributed by atoms with E-state index in [-0.39, 0.29) is 6.04 Å². The standard InChI is InChI=1S/C21H22N2/c1-2-20(23-13-11-22-12-14-23)21-18-9-5-3-7-16(18)15-17-8-4-6-10-19(17)21/h2-10,15,20,22H,1,11-14H2/t20-/m0/s1. The molecule has 1 saturated heterocycles. The predicted molar refractivity (Wildman–Crippen MR) is 98.8 cm³/mol. The number of piperazine rings is 1. The SMILES string of the molecule is C=C[C@@H](c1c2ccccc2cc2ccccc12)N1CCNCC1. The summed E-state index contributed by atoms with van der Waals surface area (Å²) < 4.78 is 0. The van der Waals surface area contributed by atoms with Crippen molar-refractivity contribution in [2.75, 3.05) is 26.2 Å². The molecule has 4 rings (SSSR count). The van der Waals surface area contributed by atoms with E-state index in [1.807, 2.05) is 0 Å². The van der Waals surface area contributed by atoms with Crippen LogP contribution in [0.25, 0.3) is 21.5 Å². The van der Waals surface area contributed by atoms with Gasteiger partial charge in [0.1, 0.15) is 0 Å². The molecule has 0 amide bonds. The smallest absolute Gasteiger partial charge is 0.0542 e. The van der Waals surface area contributed by atoms with Gasteiger partial charge in [0.05, 0.1) is 6.04 Å². The summed E-state index contributed by atoms with van der Waals surface area (Å²) in [5.74, 6) is 0. The molecule has 0 unspecified atom stereocenters. The van der Waals surface area contributed by atoms with Crippen molar-refractivity contribution >= 4 is 21.5 Å². The summed E-state index contributed by atoms with van der Waals surface area (Å²) in [6.07, 6.45) is 2.11. The van der Waals surface area contributed by atoms with Crippen LogP contribution in [0.15, 0.2) is 67.3 Å². The van der Waals surface area contributed by atoms with Gasteiger partial charge < -0.3 is 5.32 Å². The van der Waals surface area contributed by atoms with E-state index in [0.717, 1.165) is 26.2 Å². The van der Waals surface area contributed by atoms with Crippen molar-refractivity contribution in [1.29, 1.82) is 0 Å². The lowest BCUT2D eigenvalue weighted by Crippen LogP contribution is -2.44. The van der Waals surface area contributed by atoms with Crippen LogP contribution in [0.5, 0.6) is 0 Å². The normalized spacial score (nSPS) is 17.4. The fraction of sp³-hybridized carbons (Fsp3) is 0.238. The van der Waals surface area contributed by atoms with Gasteiger partial charge in [-0.15, -0.1) is 6.58 Å². The highest BCUT2D eigenvalue weighted by Gasteiger charge is 2.23. The van der Waals surface area contributed by atoms with Gasteiger partial charge in [-0.1, -0.05) is 54.6 Å². The molecule has 116 valence electrons. The Morgan fingerprint density at radius 2 is 1.48 bits per heavy atom. The first-order chi connectivity index (χ1) is 11.4. The fourth-order valence-electron chi connectivity index (χ4n) is 3.78. The molecule has 0 radical (unpaired) electrons. The predicted octanol–water partition coefficient (Wildman–Crippen LogP) is 4.13. The van der Waals surface area contributed by atoms with Crippen molar-refractivity contribution in [2.24, 2.45) is 0 Å². The summed E-state index contributed by atoms with van der Waals surface area (Å²) in [6, 6.07) is 20.0. The van der Waals surface area contributed by atoms with Crippen LogP contribution < -0.4 is 5.32 Å². The van der Waals surface area contributed by atoms with Gasteiger partial charge in [0.25, 0.3) is 0 Å². The van der Waals surface area contributed by atoms with Crippen molar-refractivity contribution in [2.45, 2.75) is 6.04 Å². The Labute approximate surface area is 137 Å². The van der Waals surface area contributed by atoms with Crippen LogP contribution in [0.3, 0.4) is 0 Å². The Morgan fingerprint density at radius 1 is 0.913 bits per heavy atom.